The lowest BCUT2D eigenvalue weighted by atomic mass is 10.2. The number of hydrogen-bond donors (Lipinski definition) is 2. The Hall–Kier alpha value is -3.24. The molecule has 1 atom stereocenters. The van der Waals surface area contributed by atoms with Gasteiger partial charge in [0.1, 0.15) is 16.6 Å². The maximum atomic E-state index is 13.3. The smallest absolute Gasteiger partial charge is 0.322 e. The fraction of sp³-hybridized carbons (Fsp3) is 0.238. The van der Waals surface area contributed by atoms with Gasteiger partial charge in [-0.15, -0.1) is 10.2 Å². The Morgan fingerprint density at radius 3 is 2.84 bits per heavy atom. The molecule has 1 aliphatic rings. The molecule has 2 heterocycles. The fourth-order valence-corrected chi connectivity index (χ4v) is 4.50. The number of carbonyl (C=O) groups is 2. The summed E-state index contributed by atoms with van der Waals surface area (Å²) in [7, 11) is 1.51. The first-order chi connectivity index (χ1) is 15.4. The largest absolute Gasteiger partial charge is 0.495 e. The highest BCUT2D eigenvalue weighted by atomic mass is 35.5. The molecule has 0 saturated carbocycles. The van der Waals surface area contributed by atoms with Gasteiger partial charge in [0.25, 0.3) is 5.91 Å². The lowest BCUT2D eigenvalue weighted by Crippen LogP contribution is -2.34. The SMILES string of the molecule is COc1ccc(Cl)cc1NC(=O)N1CCC[C@H]1c1nnc(C(=O)Nc2cccc(F)c2)s1. The van der Waals surface area contributed by atoms with Crippen molar-refractivity contribution in [2.24, 2.45) is 0 Å². The van der Waals surface area contributed by atoms with Gasteiger partial charge < -0.3 is 20.3 Å². The Balaban J connectivity index is 1.47. The summed E-state index contributed by atoms with van der Waals surface area (Å²) in [5.41, 5.74) is 0.784. The summed E-state index contributed by atoms with van der Waals surface area (Å²) in [4.78, 5) is 27.1. The van der Waals surface area contributed by atoms with E-state index in [1.807, 2.05) is 0 Å². The molecule has 11 heteroatoms. The third kappa shape index (κ3) is 4.81. The van der Waals surface area contributed by atoms with Gasteiger partial charge in [0.05, 0.1) is 18.8 Å². The van der Waals surface area contributed by atoms with E-state index >= 15 is 0 Å². The molecule has 4 rings (SSSR count). The number of urea groups is 1. The van der Waals surface area contributed by atoms with Crippen LogP contribution in [0.3, 0.4) is 0 Å². The first kappa shape index (κ1) is 22.0. The molecule has 1 aliphatic heterocycles. The van der Waals surface area contributed by atoms with Crippen LogP contribution in [0.5, 0.6) is 5.75 Å². The number of likely N-dealkylation sites (tertiary alicyclic amines) is 1. The van der Waals surface area contributed by atoms with Gasteiger partial charge in [0.15, 0.2) is 0 Å². The first-order valence-electron chi connectivity index (χ1n) is 9.76. The number of aromatic nitrogens is 2. The molecule has 0 radical (unpaired) electrons. The van der Waals surface area contributed by atoms with Crippen molar-refractivity contribution >= 4 is 46.3 Å². The molecule has 0 bridgehead atoms. The zero-order valence-corrected chi connectivity index (χ0v) is 18.5. The maximum absolute atomic E-state index is 13.3. The second kappa shape index (κ2) is 9.49. The average molecular weight is 476 g/mol. The summed E-state index contributed by atoms with van der Waals surface area (Å²) in [5.74, 6) is -0.451. The van der Waals surface area contributed by atoms with E-state index in [-0.39, 0.29) is 17.1 Å². The van der Waals surface area contributed by atoms with E-state index in [2.05, 4.69) is 20.8 Å². The molecule has 3 amide bonds. The Morgan fingerprint density at radius 1 is 1.22 bits per heavy atom. The van der Waals surface area contributed by atoms with Crippen molar-refractivity contribution in [3.05, 3.63) is 63.3 Å². The topological polar surface area (TPSA) is 96.4 Å². The van der Waals surface area contributed by atoms with Gasteiger partial charge in [0, 0.05) is 17.3 Å². The van der Waals surface area contributed by atoms with E-state index in [1.165, 1.54) is 25.3 Å². The normalized spacial score (nSPS) is 15.5. The predicted molar refractivity (Wildman–Crippen MR) is 120 cm³/mol. The number of carbonyl (C=O) groups excluding carboxylic acids is 2. The van der Waals surface area contributed by atoms with Crippen LogP contribution in [0.2, 0.25) is 5.02 Å². The van der Waals surface area contributed by atoms with Crippen LogP contribution >= 0.6 is 22.9 Å². The Bertz CT molecular complexity index is 1160. The van der Waals surface area contributed by atoms with E-state index in [0.29, 0.717) is 40.1 Å². The minimum atomic E-state index is -0.489. The molecular weight excluding hydrogens is 457 g/mol. The lowest BCUT2D eigenvalue weighted by Gasteiger charge is -2.23. The number of amides is 3. The molecular formula is C21H19ClFN5O3S. The molecule has 32 heavy (non-hydrogen) atoms. The molecule has 1 saturated heterocycles. The number of ether oxygens (including phenoxy) is 1. The van der Waals surface area contributed by atoms with Crippen LogP contribution in [0.4, 0.5) is 20.6 Å². The van der Waals surface area contributed by atoms with Gasteiger partial charge >= 0.3 is 6.03 Å². The van der Waals surface area contributed by atoms with Crippen LogP contribution in [0, 0.1) is 5.82 Å². The number of nitrogens with zero attached hydrogens (tertiary/aromatic N) is 3. The number of rotatable bonds is 5. The number of hydrogen-bond acceptors (Lipinski definition) is 6. The van der Waals surface area contributed by atoms with Crippen molar-refractivity contribution in [1.29, 1.82) is 0 Å². The van der Waals surface area contributed by atoms with Gasteiger partial charge in [-0.2, -0.15) is 0 Å². The Labute approximate surface area is 192 Å². The molecule has 8 nitrogen and oxygen atoms in total. The minimum absolute atomic E-state index is 0.132. The van der Waals surface area contributed by atoms with Gasteiger partial charge in [-0.3, -0.25) is 4.79 Å². The van der Waals surface area contributed by atoms with Crippen LogP contribution < -0.4 is 15.4 Å². The average Bonchev–Trinajstić information content (AvgIpc) is 3.43. The maximum Gasteiger partial charge on any atom is 0.322 e. The van der Waals surface area contributed by atoms with Crippen molar-refractivity contribution in [3.63, 3.8) is 0 Å². The molecule has 0 spiro atoms. The number of nitrogens with one attached hydrogen (secondary N) is 2. The monoisotopic (exact) mass is 475 g/mol. The molecule has 3 aromatic rings. The molecule has 2 aromatic carbocycles. The van der Waals surface area contributed by atoms with Gasteiger partial charge in [-0.25, -0.2) is 9.18 Å². The van der Waals surface area contributed by atoms with E-state index in [1.54, 1.807) is 29.2 Å². The van der Waals surface area contributed by atoms with Crippen molar-refractivity contribution in [3.8, 4) is 5.75 Å². The van der Waals surface area contributed by atoms with E-state index in [9.17, 15) is 14.0 Å². The minimum Gasteiger partial charge on any atom is -0.495 e. The summed E-state index contributed by atoms with van der Waals surface area (Å²) >= 11 is 7.15. The lowest BCUT2D eigenvalue weighted by molar-refractivity contribution is 0.102. The third-order valence-electron chi connectivity index (χ3n) is 4.92. The van der Waals surface area contributed by atoms with E-state index < -0.39 is 11.7 Å². The summed E-state index contributed by atoms with van der Waals surface area (Å²) in [6.07, 6.45) is 1.48. The molecule has 0 aliphatic carbocycles. The summed E-state index contributed by atoms with van der Waals surface area (Å²) < 4.78 is 18.6. The van der Waals surface area contributed by atoms with Crippen molar-refractivity contribution in [1.82, 2.24) is 15.1 Å². The zero-order valence-electron chi connectivity index (χ0n) is 17.0. The fourth-order valence-electron chi connectivity index (χ4n) is 3.44. The van der Waals surface area contributed by atoms with Crippen molar-refractivity contribution in [2.75, 3.05) is 24.3 Å². The first-order valence-corrected chi connectivity index (χ1v) is 11.0. The highest BCUT2D eigenvalue weighted by Crippen LogP contribution is 2.35. The number of methoxy groups -OCH3 is 1. The number of halogens is 2. The van der Waals surface area contributed by atoms with Crippen molar-refractivity contribution in [2.45, 2.75) is 18.9 Å². The second-order valence-electron chi connectivity index (χ2n) is 7.04. The van der Waals surface area contributed by atoms with Crippen LogP contribution in [0.25, 0.3) is 0 Å². The van der Waals surface area contributed by atoms with Crippen LogP contribution in [0.15, 0.2) is 42.5 Å². The van der Waals surface area contributed by atoms with Crippen molar-refractivity contribution < 1.29 is 18.7 Å². The molecule has 1 aromatic heterocycles. The van der Waals surface area contributed by atoms with Gasteiger partial charge in [0.2, 0.25) is 5.01 Å². The van der Waals surface area contributed by atoms with E-state index in [0.717, 1.165) is 17.8 Å². The quantitative estimate of drug-likeness (QED) is 0.543. The zero-order chi connectivity index (χ0) is 22.7. The van der Waals surface area contributed by atoms with Crippen LogP contribution in [-0.4, -0.2) is 40.7 Å². The number of benzene rings is 2. The third-order valence-corrected chi connectivity index (χ3v) is 6.18. The van der Waals surface area contributed by atoms with E-state index in [4.69, 9.17) is 16.3 Å². The highest BCUT2D eigenvalue weighted by molar-refractivity contribution is 7.13. The van der Waals surface area contributed by atoms with Gasteiger partial charge in [-0.1, -0.05) is 29.0 Å². The predicted octanol–water partition coefficient (Wildman–Crippen LogP) is 4.96. The number of anilines is 2. The highest BCUT2D eigenvalue weighted by Gasteiger charge is 2.33. The standard InChI is InChI=1S/C21H19ClFN5O3S/c1-31-17-8-7-12(22)10-15(17)25-21(30)28-9-3-6-16(28)19-26-27-20(32-19)18(29)24-14-5-2-4-13(23)11-14/h2,4-5,7-8,10-11,16H,3,6,9H2,1H3,(H,24,29)(H,25,30)/t16-/m0/s1. The second-order valence-corrected chi connectivity index (χ2v) is 8.48. The summed E-state index contributed by atoms with van der Waals surface area (Å²) in [6.45, 7) is 0.532. The van der Waals surface area contributed by atoms with Crippen LogP contribution in [-0.2, 0) is 0 Å². The van der Waals surface area contributed by atoms with Crippen LogP contribution in [0.1, 0.15) is 33.7 Å². The molecule has 2 N–H and O–H groups in total. The molecule has 166 valence electrons. The Kier molecular flexibility index (Phi) is 6.52. The summed E-state index contributed by atoms with van der Waals surface area (Å²) in [6, 6.07) is 9.91. The van der Waals surface area contributed by atoms with Gasteiger partial charge in [-0.05, 0) is 49.2 Å². The Morgan fingerprint density at radius 2 is 2.06 bits per heavy atom. The summed E-state index contributed by atoms with van der Waals surface area (Å²) in [5, 5.41) is 14.7. The molecule has 1 fully saturated rings. The molecule has 0 unspecified atom stereocenters.